The van der Waals surface area contributed by atoms with E-state index in [-0.39, 0.29) is 16.9 Å². The van der Waals surface area contributed by atoms with E-state index >= 15 is 0 Å². The lowest BCUT2D eigenvalue weighted by Crippen LogP contribution is -2.34. The summed E-state index contributed by atoms with van der Waals surface area (Å²) in [7, 11) is -3.91. The number of nitrogens with one attached hydrogen (secondary N) is 1. The Morgan fingerprint density at radius 2 is 2.03 bits per heavy atom. The Morgan fingerprint density at radius 1 is 1.19 bits per heavy atom. The molecule has 166 valence electrons. The third-order valence-corrected chi connectivity index (χ3v) is 8.25. The van der Waals surface area contributed by atoms with Crippen LogP contribution in [0.5, 0.6) is 0 Å². The van der Waals surface area contributed by atoms with Crippen LogP contribution in [0.2, 0.25) is 0 Å². The summed E-state index contributed by atoms with van der Waals surface area (Å²) < 4.78 is 44.3. The molecule has 7 nitrogen and oxygen atoms in total. The SMILES string of the molecule is Cc1cccc(S(=O)(=O)N2C[C@@H](Cn3ncc4cc(-c5cn[nH]c5)ccc43)C[C@@H]2C)c1F. The number of benzene rings is 2. The minimum absolute atomic E-state index is 0.0873. The average Bonchev–Trinajstić information content (AvgIpc) is 3.50. The Hall–Kier alpha value is -3.04. The quantitative estimate of drug-likeness (QED) is 0.496. The van der Waals surface area contributed by atoms with Crippen LogP contribution in [0.4, 0.5) is 4.39 Å². The van der Waals surface area contributed by atoms with Crippen molar-refractivity contribution >= 4 is 20.9 Å². The van der Waals surface area contributed by atoms with Gasteiger partial charge in [-0.1, -0.05) is 18.2 Å². The molecule has 1 aliphatic heterocycles. The third kappa shape index (κ3) is 3.51. The predicted octanol–water partition coefficient (Wildman–Crippen LogP) is 3.97. The maximum atomic E-state index is 14.6. The molecule has 0 saturated carbocycles. The number of hydrogen-bond donors (Lipinski definition) is 1. The number of sulfonamides is 1. The number of fused-ring (bicyclic) bond motifs is 1. The second-order valence-corrected chi connectivity index (χ2v) is 10.4. The molecule has 0 unspecified atom stereocenters. The molecule has 0 radical (unpaired) electrons. The van der Waals surface area contributed by atoms with Gasteiger partial charge in [0.2, 0.25) is 10.0 Å². The maximum absolute atomic E-state index is 14.6. The van der Waals surface area contributed by atoms with E-state index < -0.39 is 15.8 Å². The van der Waals surface area contributed by atoms with Crippen LogP contribution in [0, 0.1) is 18.7 Å². The Kier molecular flexibility index (Phi) is 5.10. The number of halogens is 1. The summed E-state index contributed by atoms with van der Waals surface area (Å²) in [6.45, 7) is 4.39. The van der Waals surface area contributed by atoms with Gasteiger partial charge in [-0.3, -0.25) is 9.78 Å². The molecule has 0 bridgehead atoms. The molecular weight excluding hydrogens is 429 g/mol. The summed E-state index contributed by atoms with van der Waals surface area (Å²) in [5.41, 5.74) is 3.38. The first-order valence-electron chi connectivity index (χ1n) is 10.6. The minimum atomic E-state index is -3.91. The van der Waals surface area contributed by atoms with Gasteiger partial charge in [-0.2, -0.15) is 14.5 Å². The van der Waals surface area contributed by atoms with Crippen molar-refractivity contribution in [3.8, 4) is 11.1 Å². The number of aromatic nitrogens is 4. The summed E-state index contributed by atoms with van der Waals surface area (Å²) in [6, 6.07) is 10.4. The fourth-order valence-electron chi connectivity index (χ4n) is 4.59. The highest BCUT2D eigenvalue weighted by molar-refractivity contribution is 7.89. The summed E-state index contributed by atoms with van der Waals surface area (Å²) >= 11 is 0. The van der Waals surface area contributed by atoms with Gasteiger partial charge in [-0.05, 0) is 55.5 Å². The fraction of sp³-hybridized carbons (Fsp3) is 0.304. The van der Waals surface area contributed by atoms with Gasteiger partial charge in [0, 0.05) is 36.3 Å². The van der Waals surface area contributed by atoms with Crippen molar-refractivity contribution in [1.82, 2.24) is 24.3 Å². The smallest absolute Gasteiger partial charge is 0.246 e. The van der Waals surface area contributed by atoms with Gasteiger partial charge in [0.05, 0.1) is 17.9 Å². The molecule has 0 amide bonds. The van der Waals surface area contributed by atoms with Crippen LogP contribution >= 0.6 is 0 Å². The standard InChI is InChI=1S/C23H24FN5O2S/c1-15-4-3-5-22(23(15)24)32(30,31)29-14-17(8-16(29)2)13-28-21-7-6-18(9-19(21)12-27-28)20-10-25-26-11-20/h3-7,9-12,16-17H,8,13-14H2,1-2H3,(H,25,26)/t16-,17+/m0/s1. The summed E-state index contributed by atoms with van der Waals surface area (Å²) in [4.78, 5) is -0.249. The molecule has 0 spiro atoms. The second-order valence-electron chi connectivity index (χ2n) is 8.50. The van der Waals surface area contributed by atoms with E-state index in [0.29, 0.717) is 25.1 Å². The van der Waals surface area contributed by atoms with E-state index in [1.165, 1.54) is 10.4 Å². The Labute approximate surface area is 185 Å². The van der Waals surface area contributed by atoms with E-state index in [2.05, 4.69) is 21.4 Å². The molecule has 0 aliphatic carbocycles. The number of rotatable bonds is 5. The molecule has 5 rings (SSSR count). The van der Waals surface area contributed by atoms with Crippen LogP contribution in [0.3, 0.4) is 0 Å². The molecule has 32 heavy (non-hydrogen) atoms. The monoisotopic (exact) mass is 453 g/mol. The first-order chi connectivity index (χ1) is 15.3. The van der Waals surface area contributed by atoms with E-state index in [0.717, 1.165) is 22.0 Å². The number of nitrogens with zero attached hydrogens (tertiary/aromatic N) is 4. The van der Waals surface area contributed by atoms with Crippen molar-refractivity contribution in [3.63, 3.8) is 0 Å². The molecule has 1 aliphatic rings. The molecule has 2 aromatic carbocycles. The molecule has 1 N–H and O–H groups in total. The largest absolute Gasteiger partial charge is 0.285 e. The molecule has 4 aromatic rings. The van der Waals surface area contributed by atoms with Gasteiger partial charge in [0.25, 0.3) is 0 Å². The molecule has 2 aromatic heterocycles. The van der Waals surface area contributed by atoms with Crippen LogP contribution in [0.25, 0.3) is 22.0 Å². The highest BCUT2D eigenvalue weighted by Gasteiger charge is 2.39. The summed E-state index contributed by atoms with van der Waals surface area (Å²) in [5, 5.41) is 12.4. The van der Waals surface area contributed by atoms with Gasteiger partial charge < -0.3 is 0 Å². The van der Waals surface area contributed by atoms with Gasteiger partial charge in [0.1, 0.15) is 10.7 Å². The highest BCUT2D eigenvalue weighted by Crippen LogP contribution is 2.32. The van der Waals surface area contributed by atoms with Crippen molar-refractivity contribution in [1.29, 1.82) is 0 Å². The van der Waals surface area contributed by atoms with Crippen molar-refractivity contribution < 1.29 is 12.8 Å². The van der Waals surface area contributed by atoms with Crippen LogP contribution in [0.15, 0.2) is 59.9 Å². The number of aromatic amines is 1. The van der Waals surface area contributed by atoms with Crippen LogP contribution in [-0.4, -0.2) is 45.3 Å². The maximum Gasteiger partial charge on any atom is 0.246 e. The van der Waals surface area contributed by atoms with Gasteiger partial charge >= 0.3 is 0 Å². The Bertz CT molecular complexity index is 1380. The normalized spacial score (nSPS) is 19.7. The van der Waals surface area contributed by atoms with Crippen LogP contribution in [-0.2, 0) is 16.6 Å². The molecule has 1 fully saturated rings. The minimum Gasteiger partial charge on any atom is -0.285 e. The zero-order chi connectivity index (χ0) is 22.5. The molecule has 2 atom stereocenters. The lowest BCUT2D eigenvalue weighted by atomic mass is 10.1. The average molecular weight is 454 g/mol. The Morgan fingerprint density at radius 3 is 2.81 bits per heavy atom. The van der Waals surface area contributed by atoms with Crippen LogP contribution < -0.4 is 0 Å². The van der Waals surface area contributed by atoms with E-state index in [1.807, 2.05) is 36.1 Å². The zero-order valence-corrected chi connectivity index (χ0v) is 18.7. The third-order valence-electron chi connectivity index (χ3n) is 6.25. The van der Waals surface area contributed by atoms with Gasteiger partial charge in [0.15, 0.2) is 0 Å². The fourth-order valence-corrected chi connectivity index (χ4v) is 6.45. The van der Waals surface area contributed by atoms with E-state index in [4.69, 9.17) is 0 Å². The first kappa shape index (κ1) is 20.8. The molecule has 9 heteroatoms. The highest BCUT2D eigenvalue weighted by atomic mass is 32.2. The Balaban J connectivity index is 1.37. The van der Waals surface area contributed by atoms with E-state index in [1.54, 1.807) is 25.3 Å². The summed E-state index contributed by atoms with van der Waals surface area (Å²) in [5.74, 6) is -0.584. The predicted molar refractivity (Wildman–Crippen MR) is 120 cm³/mol. The second kappa shape index (κ2) is 7.83. The number of aryl methyl sites for hydroxylation is 1. The molecular formula is C23H24FN5O2S. The first-order valence-corrected chi connectivity index (χ1v) is 12.0. The van der Waals surface area contributed by atoms with E-state index in [9.17, 15) is 12.8 Å². The number of hydrogen-bond acceptors (Lipinski definition) is 4. The van der Waals surface area contributed by atoms with Gasteiger partial charge in [-0.15, -0.1) is 0 Å². The topological polar surface area (TPSA) is 83.9 Å². The van der Waals surface area contributed by atoms with Crippen molar-refractivity contribution in [2.45, 2.75) is 37.8 Å². The lowest BCUT2D eigenvalue weighted by Gasteiger charge is -2.21. The zero-order valence-electron chi connectivity index (χ0n) is 17.9. The van der Waals surface area contributed by atoms with Crippen molar-refractivity contribution in [2.24, 2.45) is 5.92 Å². The van der Waals surface area contributed by atoms with Crippen LogP contribution in [0.1, 0.15) is 18.9 Å². The lowest BCUT2D eigenvalue weighted by molar-refractivity contribution is 0.393. The molecule has 1 saturated heterocycles. The van der Waals surface area contributed by atoms with Crippen molar-refractivity contribution in [2.75, 3.05) is 6.54 Å². The summed E-state index contributed by atoms with van der Waals surface area (Å²) in [6.07, 6.45) is 6.14. The number of H-pyrrole nitrogens is 1. The van der Waals surface area contributed by atoms with Gasteiger partial charge in [-0.25, -0.2) is 12.8 Å². The molecule has 3 heterocycles. The van der Waals surface area contributed by atoms with Crippen molar-refractivity contribution in [3.05, 3.63) is 66.4 Å².